The zero-order chi connectivity index (χ0) is 24.0. The first kappa shape index (κ1) is 23.7. The lowest BCUT2D eigenvalue weighted by atomic mass is 9.99. The minimum absolute atomic E-state index is 0.0199. The van der Waals surface area contributed by atoms with E-state index in [-0.39, 0.29) is 18.6 Å². The lowest BCUT2D eigenvalue weighted by Crippen LogP contribution is -2.43. The van der Waals surface area contributed by atoms with Crippen molar-refractivity contribution in [3.8, 4) is 0 Å². The van der Waals surface area contributed by atoms with Crippen LogP contribution in [0.5, 0.6) is 0 Å². The molecule has 0 fully saturated rings. The summed E-state index contributed by atoms with van der Waals surface area (Å²) in [5, 5.41) is 11.9. The van der Waals surface area contributed by atoms with Gasteiger partial charge in [0.25, 0.3) is 0 Å². The number of alkyl halides is 3. The maximum atomic E-state index is 12.6. The van der Waals surface area contributed by atoms with Crippen molar-refractivity contribution in [3.05, 3.63) is 107 Å². The topological polar surface area (TPSA) is 83.5 Å². The molecule has 0 aromatic heterocycles. The molecule has 0 aliphatic carbocycles. The third-order valence-corrected chi connectivity index (χ3v) is 4.97. The third kappa shape index (κ3) is 6.52. The van der Waals surface area contributed by atoms with Gasteiger partial charge in [0.2, 0.25) is 5.91 Å². The molecule has 0 saturated heterocycles. The number of aliphatic carboxylic acids is 1. The van der Waals surface area contributed by atoms with Crippen molar-refractivity contribution in [1.29, 1.82) is 0 Å². The van der Waals surface area contributed by atoms with Gasteiger partial charge < -0.3 is 10.4 Å². The zero-order valence-corrected chi connectivity index (χ0v) is 17.3. The van der Waals surface area contributed by atoms with E-state index < -0.39 is 29.7 Å². The van der Waals surface area contributed by atoms with Gasteiger partial charge in [-0.05, 0) is 23.3 Å². The fraction of sp³-hybridized carbons (Fsp3) is 0.160. The number of ketones is 1. The van der Waals surface area contributed by atoms with Crippen LogP contribution in [0.4, 0.5) is 13.2 Å². The second kappa shape index (κ2) is 10.1. The Hall–Kier alpha value is -3.94. The van der Waals surface area contributed by atoms with Crippen molar-refractivity contribution in [2.24, 2.45) is 0 Å². The van der Waals surface area contributed by atoms with Crippen LogP contribution in [0.15, 0.2) is 78.9 Å². The van der Waals surface area contributed by atoms with E-state index >= 15 is 0 Å². The van der Waals surface area contributed by atoms with Gasteiger partial charge in [-0.2, -0.15) is 13.2 Å². The molecule has 2 N–H and O–H groups in total. The monoisotopic (exact) mass is 455 g/mol. The number of carbonyl (C=O) groups is 3. The van der Waals surface area contributed by atoms with E-state index in [2.05, 4.69) is 5.32 Å². The minimum atomic E-state index is -4.48. The highest BCUT2D eigenvalue weighted by Gasteiger charge is 2.30. The molecule has 0 aliphatic rings. The Morgan fingerprint density at radius 1 is 0.788 bits per heavy atom. The Morgan fingerprint density at radius 3 is 1.88 bits per heavy atom. The third-order valence-electron chi connectivity index (χ3n) is 4.97. The predicted molar refractivity (Wildman–Crippen MR) is 115 cm³/mol. The van der Waals surface area contributed by atoms with Gasteiger partial charge in [0.15, 0.2) is 5.78 Å². The van der Waals surface area contributed by atoms with E-state index in [1.807, 2.05) is 0 Å². The molecule has 0 radical (unpaired) electrons. The van der Waals surface area contributed by atoms with Gasteiger partial charge in [0, 0.05) is 17.5 Å². The van der Waals surface area contributed by atoms with Crippen LogP contribution in [0.3, 0.4) is 0 Å². The molecule has 33 heavy (non-hydrogen) atoms. The van der Waals surface area contributed by atoms with E-state index in [1.54, 1.807) is 54.6 Å². The standard InChI is InChI=1S/C25H20F3NO4/c26-25(27,28)20-12-8-17(9-13-20)15-22(30)29-21(24(32)33)14-16-6-10-19(11-7-16)23(31)18-4-2-1-3-5-18/h1-13,21H,14-15H2,(H,29,30)(H,32,33)/t21-/m0/s1. The molecule has 0 bridgehead atoms. The maximum absolute atomic E-state index is 12.6. The van der Waals surface area contributed by atoms with Crippen molar-refractivity contribution in [2.75, 3.05) is 0 Å². The van der Waals surface area contributed by atoms with Crippen LogP contribution >= 0.6 is 0 Å². The van der Waals surface area contributed by atoms with Crippen LogP contribution in [-0.2, 0) is 28.6 Å². The summed E-state index contributed by atoms with van der Waals surface area (Å²) in [6.45, 7) is 0. The molecule has 170 valence electrons. The Kier molecular flexibility index (Phi) is 7.27. The second-order valence-corrected chi connectivity index (χ2v) is 7.43. The number of hydrogen-bond donors (Lipinski definition) is 2. The number of nitrogens with one attached hydrogen (secondary N) is 1. The number of benzene rings is 3. The van der Waals surface area contributed by atoms with Gasteiger partial charge in [-0.25, -0.2) is 4.79 Å². The largest absolute Gasteiger partial charge is 0.480 e. The van der Waals surface area contributed by atoms with Gasteiger partial charge in [0.1, 0.15) is 6.04 Å². The molecule has 3 rings (SSSR count). The van der Waals surface area contributed by atoms with Crippen molar-refractivity contribution in [1.82, 2.24) is 5.32 Å². The van der Waals surface area contributed by atoms with Crippen LogP contribution in [0, 0.1) is 0 Å². The maximum Gasteiger partial charge on any atom is 0.416 e. The molecule has 3 aromatic rings. The molecular formula is C25H20F3NO4. The number of halogens is 3. The first-order chi connectivity index (χ1) is 15.6. The molecule has 1 amide bonds. The number of carboxylic acid groups (broad SMARTS) is 1. The van der Waals surface area contributed by atoms with Crippen molar-refractivity contribution in [3.63, 3.8) is 0 Å². The molecule has 8 heteroatoms. The van der Waals surface area contributed by atoms with Crippen LogP contribution in [0.2, 0.25) is 0 Å². The number of hydrogen-bond acceptors (Lipinski definition) is 3. The SMILES string of the molecule is O=C(Cc1ccc(C(F)(F)F)cc1)N[C@@H](Cc1ccc(C(=O)c2ccccc2)cc1)C(=O)O. The normalized spacial score (nSPS) is 12.1. The van der Waals surface area contributed by atoms with E-state index in [4.69, 9.17) is 0 Å². The minimum Gasteiger partial charge on any atom is -0.480 e. The number of amides is 1. The summed E-state index contributed by atoms with van der Waals surface area (Å²) in [6.07, 6.45) is -4.75. The summed E-state index contributed by atoms with van der Waals surface area (Å²) >= 11 is 0. The first-order valence-corrected chi connectivity index (χ1v) is 10.0. The second-order valence-electron chi connectivity index (χ2n) is 7.43. The molecule has 1 atom stereocenters. The van der Waals surface area contributed by atoms with Crippen molar-refractivity contribution >= 4 is 17.7 Å². The quantitative estimate of drug-likeness (QED) is 0.497. The number of rotatable bonds is 8. The van der Waals surface area contributed by atoms with Crippen LogP contribution in [-0.4, -0.2) is 28.8 Å². The number of carboxylic acids is 1. The van der Waals surface area contributed by atoms with E-state index in [9.17, 15) is 32.7 Å². The van der Waals surface area contributed by atoms with Crippen LogP contribution in [0.25, 0.3) is 0 Å². The molecular weight excluding hydrogens is 435 g/mol. The highest BCUT2D eigenvalue weighted by Crippen LogP contribution is 2.29. The fourth-order valence-corrected chi connectivity index (χ4v) is 3.23. The van der Waals surface area contributed by atoms with Crippen LogP contribution < -0.4 is 5.32 Å². The molecule has 0 unspecified atom stereocenters. The Labute approximate surface area is 187 Å². The Morgan fingerprint density at radius 2 is 1.33 bits per heavy atom. The summed E-state index contributed by atoms with van der Waals surface area (Å²) in [5.74, 6) is -2.04. The summed E-state index contributed by atoms with van der Waals surface area (Å²) < 4.78 is 37.9. The molecule has 0 heterocycles. The summed E-state index contributed by atoms with van der Waals surface area (Å²) in [6, 6.07) is 18.0. The Bertz CT molecular complexity index is 1130. The van der Waals surface area contributed by atoms with Gasteiger partial charge in [-0.3, -0.25) is 9.59 Å². The highest BCUT2D eigenvalue weighted by atomic mass is 19.4. The van der Waals surface area contributed by atoms with Crippen molar-refractivity contribution < 1.29 is 32.7 Å². The predicted octanol–water partition coefficient (Wildman–Crippen LogP) is 4.29. The summed E-state index contributed by atoms with van der Waals surface area (Å²) in [4.78, 5) is 36.3. The fourth-order valence-electron chi connectivity index (χ4n) is 3.23. The highest BCUT2D eigenvalue weighted by molar-refractivity contribution is 6.08. The van der Waals surface area contributed by atoms with Crippen LogP contribution in [0.1, 0.15) is 32.6 Å². The summed E-state index contributed by atoms with van der Waals surface area (Å²) in [7, 11) is 0. The van der Waals surface area contributed by atoms with E-state index in [1.165, 1.54) is 12.1 Å². The van der Waals surface area contributed by atoms with Gasteiger partial charge in [-0.1, -0.05) is 66.7 Å². The van der Waals surface area contributed by atoms with Gasteiger partial charge >= 0.3 is 12.1 Å². The molecule has 0 aliphatic heterocycles. The van der Waals surface area contributed by atoms with E-state index in [0.29, 0.717) is 22.3 Å². The van der Waals surface area contributed by atoms with Gasteiger partial charge in [0.05, 0.1) is 12.0 Å². The first-order valence-electron chi connectivity index (χ1n) is 10.0. The Balaban J connectivity index is 1.62. The average molecular weight is 455 g/mol. The van der Waals surface area contributed by atoms with Crippen molar-refractivity contribution in [2.45, 2.75) is 25.1 Å². The lowest BCUT2D eigenvalue weighted by Gasteiger charge is -2.15. The molecule has 0 spiro atoms. The molecule has 5 nitrogen and oxygen atoms in total. The lowest BCUT2D eigenvalue weighted by molar-refractivity contribution is -0.141. The molecule has 0 saturated carbocycles. The van der Waals surface area contributed by atoms with Gasteiger partial charge in [-0.15, -0.1) is 0 Å². The smallest absolute Gasteiger partial charge is 0.416 e. The summed E-state index contributed by atoms with van der Waals surface area (Å²) in [5.41, 5.74) is 1.08. The average Bonchev–Trinajstić information content (AvgIpc) is 2.79. The van der Waals surface area contributed by atoms with E-state index in [0.717, 1.165) is 12.1 Å². The zero-order valence-electron chi connectivity index (χ0n) is 17.3. The number of carbonyl (C=O) groups excluding carboxylic acids is 2. The molecule has 3 aromatic carbocycles.